The predicted octanol–water partition coefficient (Wildman–Crippen LogP) is 1.40. The highest BCUT2D eigenvalue weighted by Gasteiger charge is 2.40. The lowest BCUT2D eigenvalue weighted by atomic mass is 10.2. The Hall–Kier alpha value is -1.36. The summed E-state index contributed by atoms with van der Waals surface area (Å²) in [6, 6.07) is 9.68. The fraction of sp³-hybridized carbons (Fsp3) is 0.556. The monoisotopic (exact) mass is 508 g/mol. The summed E-state index contributed by atoms with van der Waals surface area (Å²) in [7, 11) is -3.12. The molecule has 0 radical (unpaired) electrons. The van der Waals surface area contributed by atoms with Crippen LogP contribution in [0, 0.1) is 0 Å². The van der Waals surface area contributed by atoms with E-state index in [2.05, 4.69) is 15.6 Å². The number of hydrogen-bond donors (Lipinski definition) is 2. The predicted molar refractivity (Wildman–Crippen MR) is 119 cm³/mol. The summed E-state index contributed by atoms with van der Waals surface area (Å²) < 4.78 is 23.5. The van der Waals surface area contributed by atoms with E-state index in [9.17, 15) is 13.2 Å². The molecule has 2 N–H and O–H groups in total. The second-order valence-corrected chi connectivity index (χ2v) is 9.68. The third-order valence-electron chi connectivity index (χ3n) is 4.38. The molecule has 1 amide bonds. The van der Waals surface area contributed by atoms with Crippen molar-refractivity contribution in [1.82, 2.24) is 15.5 Å². The van der Waals surface area contributed by atoms with E-state index in [1.165, 1.54) is 0 Å². The zero-order chi connectivity index (χ0) is 19.2. The smallest absolute Gasteiger partial charge is 0.242 e. The van der Waals surface area contributed by atoms with Gasteiger partial charge >= 0.3 is 0 Å². The second kappa shape index (κ2) is 10.3. The fourth-order valence-electron chi connectivity index (χ4n) is 2.75. The number of carbonyl (C=O) groups is 1. The topological polar surface area (TPSA) is 90.9 Å². The molecule has 0 spiro atoms. The van der Waals surface area contributed by atoms with Crippen molar-refractivity contribution in [2.24, 2.45) is 4.99 Å². The molecule has 1 aliphatic heterocycles. The van der Waals surface area contributed by atoms with Crippen LogP contribution in [0.25, 0.3) is 0 Å². The third-order valence-corrected chi connectivity index (χ3v) is 6.92. The van der Waals surface area contributed by atoms with Gasteiger partial charge in [0.15, 0.2) is 15.8 Å². The van der Waals surface area contributed by atoms with Gasteiger partial charge in [-0.2, -0.15) is 0 Å². The highest BCUT2D eigenvalue weighted by molar-refractivity contribution is 14.0. The van der Waals surface area contributed by atoms with Crippen LogP contribution in [0.5, 0.6) is 0 Å². The first-order valence-corrected chi connectivity index (χ1v) is 10.5. The van der Waals surface area contributed by atoms with Crippen molar-refractivity contribution >= 4 is 45.7 Å². The van der Waals surface area contributed by atoms with Crippen molar-refractivity contribution < 1.29 is 13.2 Å². The zero-order valence-corrected chi connectivity index (χ0v) is 19.2. The molecule has 0 saturated carbocycles. The van der Waals surface area contributed by atoms with Gasteiger partial charge in [-0.05, 0) is 26.3 Å². The number of nitrogens with zero attached hydrogens (tertiary/aromatic N) is 2. The molecule has 0 unspecified atom stereocenters. The molecule has 1 heterocycles. The van der Waals surface area contributed by atoms with Crippen LogP contribution in [0.15, 0.2) is 35.3 Å². The Bertz CT molecular complexity index is 751. The molecule has 1 aromatic carbocycles. The Kier molecular flexibility index (Phi) is 9.00. The molecule has 0 bridgehead atoms. The average molecular weight is 508 g/mol. The highest BCUT2D eigenvalue weighted by Crippen LogP contribution is 2.23. The van der Waals surface area contributed by atoms with Gasteiger partial charge in [-0.25, -0.2) is 13.4 Å². The van der Waals surface area contributed by atoms with Crippen molar-refractivity contribution in [3.63, 3.8) is 0 Å². The van der Waals surface area contributed by atoms with E-state index in [0.29, 0.717) is 32.1 Å². The maximum absolute atomic E-state index is 12.2. The number of halogens is 1. The molecule has 7 nitrogen and oxygen atoms in total. The molecule has 1 aromatic rings. The van der Waals surface area contributed by atoms with Gasteiger partial charge in [0.05, 0.1) is 10.5 Å². The Morgan fingerprint density at radius 3 is 2.48 bits per heavy atom. The molecule has 9 heteroatoms. The highest BCUT2D eigenvalue weighted by atomic mass is 127. The van der Waals surface area contributed by atoms with Gasteiger partial charge in [0.25, 0.3) is 0 Å². The largest absolute Gasteiger partial charge is 0.357 e. The summed E-state index contributed by atoms with van der Waals surface area (Å²) in [6.45, 7) is 7.23. The van der Waals surface area contributed by atoms with Crippen LogP contribution >= 0.6 is 24.0 Å². The van der Waals surface area contributed by atoms with Gasteiger partial charge < -0.3 is 15.5 Å². The van der Waals surface area contributed by atoms with Gasteiger partial charge in [-0.15, -0.1) is 24.0 Å². The Balaban J connectivity index is 0.00000364. The average Bonchev–Trinajstić information content (AvgIpc) is 2.60. The summed E-state index contributed by atoms with van der Waals surface area (Å²) in [5, 5.41) is 5.99. The van der Waals surface area contributed by atoms with Crippen LogP contribution in [0.2, 0.25) is 0 Å². The van der Waals surface area contributed by atoms with Gasteiger partial charge in [-0.1, -0.05) is 30.3 Å². The van der Waals surface area contributed by atoms with Crippen molar-refractivity contribution in [2.75, 3.05) is 31.9 Å². The van der Waals surface area contributed by atoms with E-state index in [4.69, 9.17) is 0 Å². The summed E-state index contributed by atoms with van der Waals surface area (Å²) in [6.07, 6.45) is 0. The van der Waals surface area contributed by atoms with Crippen LogP contribution in [0.4, 0.5) is 0 Å². The number of nitrogens with one attached hydrogen (secondary N) is 2. The standard InChI is InChI=1S/C18H28N4O3S.HI/c1-4-19-17(22-10-11-26(24,25)18(2,3)14-22)21-13-16(23)20-12-15-8-6-5-7-9-15;/h5-9H,4,10-14H2,1-3H3,(H,19,21)(H,20,23);1H. The second-order valence-electron chi connectivity index (χ2n) is 6.93. The number of carbonyl (C=O) groups excluding carboxylic acids is 1. The molecule has 0 atom stereocenters. The van der Waals surface area contributed by atoms with E-state index in [1.54, 1.807) is 13.8 Å². The van der Waals surface area contributed by atoms with Crippen LogP contribution in [0.1, 0.15) is 26.3 Å². The third kappa shape index (κ3) is 6.63. The molecular formula is C18H29IN4O3S. The first-order chi connectivity index (χ1) is 12.2. The van der Waals surface area contributed by atoms with Crippen molar-refractivity contribution in [1.29, 1.82) is 0 Å². The van der Waals surface area contributed by atoms with Gasteiger partial charge in [0.2, 0.25) is 5.91 Å². The van der Waals surface area contributed by atoms with Crippen LogP contribution < -0.4 is 10.6 Å². The molecule has 1 aliphatic rings. The van der Waals surface area contributed by atoms with Crippen molar-refractivity contribution in [3.05, 3.63) is 35.9 Å². The van der Waals surface area contributed by atoms with Crippen molar-refractivity contribution in [3.8, 4) is 0 Å². The van der Waals surface area contributed by atoms with E-state index in [0.717, 1.165) is 5.56 Å². The van der Waals surface area contributed by atoms with Gasteiger partial charge in [-0.3, -0.25) is 4.79 Å². The van der Waals surface area contributed by atoms with Gasteiger partial charge in [0, 0.05) is 26.2 Å². The lowest BCUT2D eigenvalue weighted by molar-refractivity contribution is -0.119. The lowest BCUT2D eigenvalue weighted by Gasteiger charge is -2.39. The quantitative estimate of drug-likeness (QED) is 0.357. The Morgan fingerprint density at radius 2 is 1.89 bits per heavy atom. The van der Waals surface area contributed by atoms with Crippen molar-refractivity contribution in [2.45, 2.75) is 32.1 Å². The minimum absolute atomic E-state index is 0. The van der Waals surface area contributed by atoms with Crippen LogP contribution in [-0.2, 0) is 21.2 Å². The van der Waals surface area contributed by atoms with E-state index in [1.807, 2.05) is 42.2 Å². The fourth-order valence-corrected chi connectivity index (χ4v) is 4.12. The minimum Gasteiger partial charge on any atom is -0.357 e. The molecule has 0 aromatic heterocycles. The number of sulfone groups is 1. The summed E-state index contributed by atoms with van der Waals surface area (Å²) in [5.74, 6) is 0.489. The normalized spacial score (nSPS) is 18.3. The molecular weight excluding hydrogens is 479 g/mol. The summed E-state index contributed by atoms with van der Waals surface area (Å²) >= 11 is 0. The SMILES string of the molecule is CCNC(=NCC(=O)NCc1ccccc1)N1CCS(=O)(=O)C(C)(C)C1.I. The maximum atomic E-state index is 12.2. The Labute approximate surface area is 178 Å². The molecule has 0 aliphatic carbocycles. The minimum atomic E-state index is -3.12. The molecule has 1 fully saturated rings. The zero-order valence-electron chi connectivity index (χ0n) is 16.1. The number of hydrogen-bond acceptors (Lipinski definition) is 4. The number of guanidine groups is 1. The number of benzene rings is 1. The van der Waals surface area contributed by atoms with Crippen LogP contribution in [-0.4, -0.2) is 61.9 Å². The first-order valence-electron chi connectivity index (χ1n) is 8.81. The lowest BCUT2D eigenvalue weighted by Crippen LogP contribution is -2.57. The molecule has 27 heavy (non-hydrogen) atoms. The maximum Gasteiger partial charge on any atom is 0.242 e. The molecule has 152 valence electrons. The number of amides is 1. The first kappa shape index (κ1) is 23.7. The van der Waals surface area contributed by atoms with E-state index >= 15 is 0 Å². The summed E-state index contributed by atoms with van der Waals surface area (Å²) in [4.78, 5) is 18.4. The van der Waals surface area contributed by atoms with Crippen LogP contribution in [0.3, 0.4) is 0 Å². The number of aliphatic imine (C=N–C) groups is 1. The van der Waals surface area contributed by atoms with E-state index in [-0.39, 0.29) is 42.2 Å². The number of rotatable bonds is 5. The van der Waals surface area contributed by atoms with Gasteiger partial charge in [0.1, 0.15) is 6.54 Å². The summed E-state index contributed by atoms with van der Waals surface area (Å²) in [5.41, 5.74) is 1.03. The molecule has 2 rings (SSSR count). The van der Waals surface area contributed by atoms with E-state index < -0.39 is 14.6 Å². The Morgan fingerprint density at radius 1 is 1.22 bits per heavy atom. The molecule has 1 saturated heterocycles.